The van der Waals surface area contributed by atoms with Gasteiger partial charge in [-0.05, 0) is 0 Å². The van der Waals surface area contributed by atoms with E-state index in [-0.39, 0.29) is 0 Å². The second kappa shape index (κ2) is 4.07. The van der Waals surface area contributed by atoms with Crippen molar-refractivity contribution in [3.63, 3.8) is 0 Å². The average molecular weight is 219 g/mol. The van der Waals surface area contributed by atoms with Gasteiger partial charge in [0.1, 0.15) is 11.3 Å². The van der Waals surface area contributed by atoms with Crippen molar-refractivity contribution in [3.05, 3.63) is 17.3 Å². The summed E-state index contributed by atoms with van der Waals surface area (Å²) in [5.74, 6) is -2.76. The number of carboxylic acid groups (broad SMARTS) is 1. The SMILES string of the molecule is COc1nc(C(F)F)c(O)cc1C(=O)O. The molecule has 0 aromatic carbocycles. The number of hydrogen-bond donors (Lipinski definition) is 2. The first-order valence-corrected chi connectivity index (χ1v) is 3.76. The molecule has 2 N–H and O–H groups in total. The van der Waals surface area contributed by atoms with Crippen molar-refractivity contribution >= 4 is 5.97 Å². The van der Waals surface area contributed by atoms with Gasteiger partial charge in [0.25, 0.3) is 6.43 Å². The summed E-state index contributed by atoms with van der Waals surface area (Å²) in [5.41, 5.74) is -1.38. The zero-order valence-electron chi connectivity index (χ0n) is 7.57. The van der Waals surface area contributed by atoms with Crippen LogP contribution in [0.15, 0.2) is 6.07 Å². The number of aromatic nitrogens is 1. The molecule has 0 bridgehead atoms. The van der Waals surface area contributed by atoms with E-state index in [9.17, 15) is 13.6 Å². The highest BCUT2D eigenvalue weighted by atomic mass is 19.3. The lowest BCUT2D eigenvalue weighted by Gasteiger charge is -2.08. The lowest BCUT2D eigenvalue weighted by atomic mass is 10.2. The predicted octanol–water partition coefficient (Wildman–Crippen LogP) is 1.43. The molecule has 0 saturated heterocycles. The van der Waals surface area contributed by atoms with Crippen LogP contribution in [0.1, 0.15) is 22.5 Å². The molecule has 1 rings (SSSR count). The molecule has 0 radical (unpaired) electrons. The summed E-state index contributed by atoms with van der Waals surface area (Å²) in [7, 11) is 1.10. The van der Waals surface area contributed by atoms with Gasteiger partial charge in [0.2, 0.25) is 5.88 Å². The summed E-state index contributed by atoms with van der Waals surface area (Å²) >= 11 is 0. The van der Waals surface area contributed by atoms with Crippen LogP contribution in [0.25, 0.3) is 0 Å². The zero-order valence-corrected chi connectivity index (χ0v) is 7.57. The quantitative estimate of drug-likeness (QED) is 0.803. The van der Waals surface area contributed by atoms with Crippen molar-refractivity contribution in [2.75, 3.05) is 7.11 Å². The largest absolute Gasteiger partial charge is 0.506 e. The highest BCUT2D eigenvalue weighted by Gasteiger charge is 2.21. The highest BCUT2D eigenvalue weighted by molar-refractivity contribution is 5.90. The molecule has 0 amide bonds. The molecule has 82 valence electrons. The van der Waals surface area contributed by atoms with Gasteiger partial charge >= 0.3 is 5.97 Å². The number of hydrogen-bond acceptors (Lipinski definition) is 4. The molecule has 15 heavy (non-hydrogen) atoms. The van der Waals surface area contributed by atoms with Crippen LogP contribution in [-0.2, 0) is 0 Å². The molecular formula is C8H7F2NO4. The Kier molecular flexibility index (Phi) is 3.03. The first-order valence-electron chi connectivity index (χ1n) is 3.76. The maximum absolute atomic E-state index is 12.3. The van der Waals surface area contributed by atoms with E-state index in [4.69, 9.17) is 10.2 Å². The van der Waals surface area contributed by atoms with E-state index in [1.165, 1.54) is 0 Å². The maximum Gasteiger partial charge on any atom is 0.341 e. The Bertz CT molecular complexity index is 394. The van der Waals surface area contributed by atoms with Gasteiger partial charge in [0.05, 0.1) is 7.11 Å². The molecule has 0 aliphatic carbocycles. The Morgan fingerprint density at radius 1 is 1.60 bits per heavy atom. The van der Waals surface area contributed by atoms with Crippen molar-refractivity contribution in [1.82, 2.24) is 4.98 Å². The average Bonchev–Trinajstić information content (AvgIpc) is 2.16. The lowest BCUT2D eigenvalue weighted by molar-refractivity contribution is 0.0690. The fraction of sp³-hybridized carbons (Fsp3) is 0.250. The standard InChI is InChI=1S/C8H7F2NO4/c1-15-7-3(8(13)14)2-4(12)5(11-7)6(9)10/h2,6,12H,1H3,(H,13,14). The first-order chi connectivity index (χ1) is 6.97. The van der Waals surface area contributed by atoms with Crippen molar-refractivity contribution in [2.45, 2.75) is 6.43 Å². The second-order valence-corrected chi connectivity index (χ2v) is 2.56. The van der Waals surface area contributed by atoms with Crippen LogP contribution in [0.2, 0.25) is 0 Å². The van der Waals surface area contributed by atoms with Gasteiger partial charge in [-0.15, -0.1) is 0 Å². The number of rotatable bonds is 3. The van der Waals surface area contributed by atoms with E-state index in [2.05, 4.69) is 9.72 Å². The summed E-state index contributed by atoms with van der Waals surface area (Å²) in [6.45, 7) is 0. The third-order valence-corrected chi connectivity index (χ3v) is 1.63. The molecule has 0 unspecified atom stereocenters. The Balaban J connectivity index is 3.35. The Morgan fingerprint density at radius 2 is 2.20 bits per heavy atom. The smallest absolute Gasteiger partial charge is 0.341 e. The van der Waals surface area contributed by atoms with Crippen LogP contribution in [-0.4, -0.2) is 28.3 Å². The van der Waals surface area contributed by atoms with E-state index < -0.39 is 35.3 Å². The predicted molar refractivity (Wildman–Crippen MR) is 44.4 cm³/mol. The van der Waals surface area contributed by atoms with Gasteiger partial charge in [-0.1, -0.05) is 0 Å². The van der Waals surface area contributed by atoms with Crippen LogP contribution in [0.3, 0.4) is 0 Å². The van der Waals surface area contributed by atoms with E-state index in [0.29, 0.717) is 6.07 Å². The van der Waals surface area contributed by atoms with Crippen LogP contribution >= 0.6 is 0 Å². The molecule has 7 heteroatoms. The summed E-state index contributed by atoms with van der Waals surface area (Å²) in [5, 5.41) is 17.7. The minimum absolute atomic E-state index is 0.462. The molecule has 0 aliphatic rings. The van der Waals surface area contributed by atoms with E-state index >= 15 is 0 Å². The van der Waals surface area contributed by atoms with Gasteiger partial charge in [0.15, 0.2) is 5.69 Å². The number of carboxylic acids is 1. The van der Waals surface area contributed by atoms with Crippen LogP contribution in [0.4, 0.5) is 8.78 Å². The molecular weight excluding hydrogens is 212 g/mol. The minimum atomic E-state index is -3.00. The van der Waals surface area contributed by atoms with Gasteiger partial charge in [-0.25, -0.2) is 18.6 Å². The second-order valence-electron chi connectivity index (χ2n) is 2.56. The molecule has 5 nitrogen and oxygen atoms in total. The Morgan fingerprint density at radius 3 is 2.60 bits per heavy atom. The van der Waals surface area contributed by atoms with Gasteiger partial charge in [0, 0.05) is 6.07 Å². The number of aromatic carboxylic acids is 1. The van der Waals surface area contributed by atoms with Crippen molar-refractivity contribution < 1.29 is 28.5 Å². The van der Waals surface area contributed by atoms with Crippen molar-refractivity contribution in [3.8, 4) is 11.6 Å². The molecule has 0 aliphatic heterocycles. The Labute approximate surface area is 82.9 Å². The van der Waals surface area contributed by atoms with Crippen LogP contribution in [0.5, 0.6) is 11.6 Å². The molecule has 1 heterocycles. The monoisotopic (exact) mass is 219 g/mol. The number of pyridine rings is 1. The van der Waals surface area contributed by atoms with Gasteiger partial charge in [-0.3, -0.25) is 0 Å². The van der Waals surface area contributed by atoms with Gasteiger partial charge in [-0.2, -0.15) is 0 Å². The maximum atomic E-state index is 12.3. The topological polar surface area (TPSA) is 79.7 Å². The summed E-state index contributed by atoms with van der Waals surface area (Å²) in [6.07, 6.45) is -3.00. The lowest BCUT2D eigenvalue weighted by Crippen LogP contribution is -2.05. The number of methoxy groups -OCH3 is 1. The number of alkyl halides is 2. The highest BCUT2D eigenvalue weighted by Crippen LogP contribution is 2.30. The normalized spacial score (nSPS) is 10.4. The van der Waals surface area contributed by atoms with E-state index in [1.807, 2.05) is 0 Å². The van der Waals surface area contributed by atoms with E-state index in [1.54, 1.807) is 0 Å². The van der Waals surface area contributed by atoms with E-state index in [0.717, 1.165) is 7.11 Å². The summed E-state index contributed by atoms with van der Waals surface area (Å²) in [6, 6.07) is 0.676. The number of halogens is 2. The number of carbonyl (C=O) groups is 1. The van der Waals surface area contributed by atoms with Crippen LogP contribution < -0.4 is 4.74 Å². The molecule has 1 aromatic heterocycles. The number of nitrogens with zero attached hydrogens (tertiary/aromatic N) is 1. The molecule has 0 fully saturated rings. The summed E-state index contributed by atoms with van der Waals surface area (Å²) < 4.78 is 29.0. The fourth-order valence-electron chi connectivity index (χ4n) is 0.969. The van der Waals surface area contributed by atoms with Crippen molar-refractivity contribution in [1.29, 1.82) is 0 Å². The zero-order chi connectivity index (χ0) is 11.6. The van der Waals surface area contributed by atoms with Crippen LogP contribution in [0, 0.1) is 0 Å². The molecule has 0 saturated carbocycles. The van der Waals surface area contributed by atoms with Gasteiger partial charge < -0.3 is 14.9 Å². The number of aromatic hydroxyl groups is 1. The van der Waals surface area contributed by atoms with Crippen molar-refractivity contribution in [2.24, 2.45) is 0 Å². The third kappa shape index (κ3) is 2.12. The third-order valence-electron chi connectivity index (χ3n) is 1.63. The summed E-state index contributed by atoms with van der Waals surface area (Å²) in [4.78, 5) is 13.8. The molecule has 0 atom stereocenters. The minimum Gasteiger partial charge on any atom is -0.506 e. The fourth-order valence-corrected chi connectivity index (χ4v) is 0.969. The number of ether oxygens (including phenoxy) is 1. The Hall–Kier alpha value is -1.92. The molecule has 0 spiro atoms. The first kappa shape index (κ1) is 11.2. The molecule has 1 aromatic rings.